The Labute approximate surface area is 88.8 Å². The summed E-state index contributed by atoms with van der Waals surface area (Å²) >= 11 is 3.63. The highest BCUT2D eigenvalue weighted by Gasteiger charge is 2.26. The summed E-state index contributed by atoms with van der Waals surface area (Å²) in [6.07, 6.45) is 2.76. The van der Waals surface area contributed by atoms with Crippen LogP contribution in [0.5, 0.6) is 0 Å². The highest BCUT2D eigenvalue weighted by Crippen LogP contribution is 2.23. The number of hydrogen-bond acceptors (Lipinski definition) is 1. The average molecular weight is 248 g/mol. The van der Waals surface area contributed by atoms with Crippen molar-refractivity contribution in [1.82, 2.24) is 4.90 Å². The van der Waals surface area contributed by atoms with E-state index >= 15 is 0 Å². The number of amides is 1. The lowest BCUT2D eigenvalue weighted by Crippen LogP contribution is -2.43. The Morgan fingerprint density at radius 2 is 2.31 bits per heavy atom. The largest absolute Gasteiger partial charge is 0.342 e. The first-order valence-corrected chi connectivity index (χ1v) is 5.98. The van der Waals surface area contributed by atoms with E-state index in [0.717, 1.165) is 25.9 Å². The zero-order valence-electron chi connectivity index (χ0n) is 8.42. The van der Waals surface area contributed by atoms with Crippen LogP contribution in [0.3, 0.4) is 0 Å². The number of alkyl halides is 1. The van der Waals surface area contributed by atoms with Gasteiger partial charge in [-0.15, -0.1) is 0 Å². The third kappa shape index (κ3) is 2.97. The lowest BCUT2D eigenvalue weighted by Gasteiger charge is -2.34. The molecule has 1 aliphatic rings. The molecule has 0 spiro atoms. The second kappa shape index (κ2) is 4.99. The molecule has 76 valence electrons. The molecule has 1 saturated heterocycles. The van der Waals surface area contributed by atoms with E-state index in [1.54, 1.807) is 0 Å². The molecule has 0 aromatic rings. The molecule has 0 saturated carbocycles. The molecule has 1 amide bonds. The number of piperidine rings is 1. The smallest absolute Gasteiger partial charge is 0.222 e. The van der Waals surface area contributed by atoms with E-state index in [4.69, 9.17) is 0 Å². The molecule has 3 heteroatoms. The highest BCUT2D eigenvalue weighted by atomic mass is 79.9. The van der Waals surface area contributed by atoms with Gasteiger partial charge in [-0.3, -0.25) is 4.79 Å². The summed E-state index contributed by atoms with van der Waals surface area (Å²) in [5.41, 5.74) is 0. The van der Waals surface area contributed by atoms with Gasteiger partial charge in [-0.2, -0.15) is 0 Å². The Morgan fingerprint density at radius 1 is 1.62 bits per heavy atom. The van der Waals surface area contributed by atoms with Gasteiger partial charge in [-0.05, 0) is 18.8 Å². The maximum atomic E-state index is 11.6. The maximum absolute atomic E-state index is 11.6. The predicted octanol–water partition coefficient (Wildman–Crippen LogP) is 2.42. The highest BCUT2D eigenvalue weighted by molar-refractivity contribution is 9.09. The molecule has 0 aromatic heterocycles. The normalized spacial score (nSPS) is 29.0. The monoisotopic (exact) mass is 247 g/mol. The van der Waals surface area contributed by atoms with Crippen molar-refractivity contribution in [2.75, 3.05) is 13.1 Å². The standard InChI is InChI=1S/C10H18BrNO/c1-3-4-10(13)12-6-5-9(11)8(2)7-12/h8-9H,3-7H2,1-2H3. The van der Waals surface area contributed by atoms with Crippen LogP contribution in [0.15, 0.2) is 0 Å². The first kappa shape index (κ1) is 11.0. The van der Waals surface area contributed by atoms with E-state index in [2.05, 4.69) is 29.8 Å². The van der Waals surface area contributed by atoms with Gasteiger partial charge in [0.05, 0.1) is 0 Å². The number of hydrogen-bond donors (Lipinski definition) is 0. The molecule has 0 N–H and O–H groups in total. The molecule has 1 aliphatic heterocycles. The molecule has 2 atom stereocenters. The van der Waals surface area contributed by atoms with Crippen LogP contribution in [-0.2, 0) is 4.79 Å². The minimum Gasteiger partial charge on any atom is -0.342 e. The molecule has 0 radical (unpaired) electrons. The number of carbonyl (C=O) groups is 1. The number of rotatable bonds is 2. The Morgan fingerprint density at radius 3 is 2.85 bits per heavy atom. The summed E-state index contributed by atoms with van der Waals surface area (Å²) in [4.78, 5) is 14.2. The van der Waals surface area contributed by atoms with E-state index < -0.39 is 0 Å². The van der Waals surface area contributed by atoms with Gasteiger partial charge in [-0.1, -0.05) is 29.8 Å². The van der Waals surface area contributed by atoms with Crippen molar-refractivity contribution in [1.29, 1.82) is 0 Å². The lowest BCUT2D eigenvalue weighted by molar-refractivity contribution is -0.132. The minimum atomic E-state index is 0.328. The number of halogens is 1. The fourth-order valence-corrected chi connectivity index (χ4v) is 2.09. The SMILES string of the molecule is CCCC(=O)N1CCC(Br)C(C)C1. The number of carbonyl (C=O) groups excluding carboxylic acids is 1. The fraction of sp³-hybridized carbons (Fsp3) is 0.900. The molecule has 2 nitrogen and oxygen atoms in total. The maximum Gasteiger partial charge on any atom is 0.222 e. The van der Waals surface area contributed by atoms with Crippen LogP contribution < -0.4 is 0 Å². The van der Waals surface area contributed by atoms with Gasteiger partial charge in [0.2, 0.25) is 5.91 Å². The lowest BCUT2D eigenvalue weighted by atomic mass is 10.00. The molecule has 2 unspecified atom stereocenters. The van der Waals surface area contributed by atoms with Crippen LogP contribution in [0, 0.1) is 5.92 Å². The number of nitrogens with zero attached hydrogens (tertiary/aromatic N) is 1. The summed E-state index contributed by atoms with van der Waals surface area (Å²) in [6.45, 7) is 6.11. The van der Waals surface area contributed by atoms with E-state index in [1.165, 1.54) is 0 Å². The molecule has 0 aliphatic carbocycles. The average Bonchev–Trinajstić information content (AvgIpc) is 2.10. The van der Waals surface area contributed by atoms with Gasteiger partial charge in [0, 0.05) is 24.3 Å². The van der Waals surface area contributed by atoms with Crippen LogP contribution in [0.25, 0.3) is 0 Å². The topological polar surface area (TPSA) is 20.3 Å². The number of likely N-dealkylation sites (tertiary alicyclic amines) is 1. The zero-order valence-corrected chi connectivity index (χ0v) is 10.0. The first-order valence-electron chi connectivity index (χ1n) is 5.07. The summed E-state index contributed by atoms with van der Waals surface area (Å²) in [6, 6.07) is 0. The quantitative estimate of drug-likeness (QED) is 0.687. The molecule has 1 fully saturated rings. The molecule has 13 heavy (non-hydrogen) atoms. The van der Waals surface area contributed by atoms with E-state index in [9.17, 15) is 4.79 Å². The summed E-state index contributed by atoms with van der Waals surface area (Å²) in [7, 11) is 0. The summed E-state index contributed by atoms with van der Waals surface area (Å²) in [5.74, 6) is 0.920. The van der Waals surface area contributed by atoms with Gasteiger partial charge >= 0.3 is 0 Å². The Hall–Kier alpha value is -0.0500. The third-order valence-electron chi connectivity index (χ3n) is 2.62. The van der Waals surface area contributed by atoms with Gasteiger partial charge in [-0.25, -0.2) is 0 Å². The third-order valence-corrected chi connectivity index (χ3v) is 3.98. The van der Waals surface area contributed by atoms with Crippen LogP contribution in [-0.4, -0.2) is 28.7 Å². The van der Waals surface area contributed by atoms with Crippen LogP contribution >= 0.6 is 15.9 Å². The van der Waals surface area contributed by atoms with Gasteiger partial charge in [0.25, 0.3) is 0 Å². The fourth-order valence-electron chi connectivity index (χ4n) is 1.72. The van der Waals surface area contributed by atoms with Gasteiger partial charge < -0.3 is 4.90 Å². The van der Waals surface area contributed by atoms with Crippen molar-refractivity contribution < 1.29 is 4.79 Å². The van der Waals surface area contributed by atoms with Crippen LogP contribution in [0.1, 0.15) is 33.1 Å². The van der Waals surface area contributed by atoms with Crippen LogP contribution in [0.4, 0.5) is 0 Å². The molecular weight excluding hydrogens is 230 g/mol. The van der Waals surface area contributed by atoms with Crippen molar-refractivity contribution in [3.05, 3.63) is 0 Å². The molecular formula is C10H18BrNO. The van der Waals surface area contributed by atoms with E-state index in [-0.39, 0.29) is 0 Å². The molecule has 0 bridgehead atoms. The molecule has 1 heterocycles. The molecule has 1 rings (SSSR count). The summed E-state index contributed by atoms with van der Waals surface area (Å²) < 4.78 is 0. The van der Waals surface area contributed by atoms with Gasteiger partial charge in [0.15, 0.2) is 0 Å². The minimum absolute atomic E-state index is 0.328. The summed E-state index contributed by atoms with van der Waals surface area (Å²) in [5, 5.41) is 0. The zero-order chi connectivity index (χ0) is 9.84. The molecule has 0 aromatic carbocycles. The van der Waals surface area contributed by atoms with Crippen molar-refractivity contribution in [2.24, 2.45) is 5.92 Å². The Bertz CT molecular complexity index is 184. The van der Waals surface area contributed by atoms with Crippen molar-refractivity contribution in [2.45, 2.75) is 37.9 Å². The van der Waals surface area contributed by atoms with E-state index in [1.807, 2.05) is 4.90 Å². The Balaban J connectivity index is 2.40. The predicted molar refractivity (Wildman–Crippen MR) is 58.0 cm³/mol. The van der Waals surface area contributed by atoms with Crippen molar-refractivity contribution >= 4 is 21.8 Å². The van der Waals surface area contributed by atoms with Crippen molar-refractivity contribution in [3.8, 4) is 0 Å². The van der Waals surface area contributed by atoms with Crippen LogP contribution in [0.2, 0.25) is 0 Å². The van der Waals surface area contributed by atoms with Gasteiger partial charge in [0.1, 0.15) is 0 Å². The van der Waals surface area contributed by atoms with E-state index in [0.29, 0.717) is 23.1 Å². The second-order valence-corrected chi connectivity index (χ2v) is 5.05. The first-order chi connectivity index (χ1) is 6.15. The van der Waals surface area contributed by atoms with Crippen molar-refractivity contribution in [3.63, 3.8) is 0 Å². The Kier molecular flexibility index (Phi) is 4.23. The second-order valence-electron chi connectivity index (χ2n) is 3.87.